The second kappa shape index (κ2) is 6.58. The SMILES string of the molecule is CC(C)CNCC1CCN(c2cccc(Br)c2)C1. The molecule has 0 radical (unpaired) electrons. The predicted octanol–water partition coefficient (Wildman–Crippen LogP) is 3.52. The van der Waals surface area contributed by atoms with E-state index in [1.54, 1.807) is 0 Å². The van der Waals surface area contributed by atoms with Crippen LogP contribution in [0.2, 0.25) is 0 Å². The summed E-state index contributed by atoms with van der Waals surface area (Å²) in [5.74, 6) is 1.54. The summed E-state index contributed by atoms with van der Waals surface area (Å²) in [4.78, 5) is 2.49. The van der Waals surface area contributed by atoms with E-state index in [1.165, 1.54) is 29.7 Å². The Bertz CT molecular complexity index is 379. The minimum absolute atomic E-state index is 0.743. The average molecular weight is 311 g/mol. The summed E-state index contributed by atoms with van der Waals surface area (Å²) < 4.78 is 1.17. The lowest BCUT2D eigenvalue weighted by Gasteiger charge is -2.19. The van der Waals surface area contributed by atoms with Crippen LogP contribution in [0.25, 0.3) is 0 Å². The molecule has 0 amide bonds. The van der Waals surface area contributed by atoms with E-state index in [0.717, 1.165) is 24.9 Å². The fourth-order valence-electron chi connectivity index (χ4n) is 2.48. The normalized spacial score (nSPS) is 19.8. The third kappa shape index (κ3) is 3.99. The van der Waals surface area contributed by atoms with Gasteiger partial charge in [0.2, 0.25) is 0 Å². The van der Waals surface area contributed by atoms with Gasteiger partial charge in [-0.1, -0.05) is 35.8 Å². The van der Waals surface area contributed by atoms with Gasteiger partial charge >= 0.3 is 0 Å². The lowest BCUT2D eigenvalue weighted by Crippen LogP contribution is -2.28. The quantitative estimate of drug-likeness (QED) is 0.895. The summed E-state index contributed by atoms with van der Waals surface area (Å²) in [6, 6.07) is 8.61. The highest BCUT2D eigenvalue weighted by atomic mass is 79.9. The molecular weight excluding hydrogens is 288 g/mol. The zero-order valence-electron chi connectivity index (χ0n) is 11.3. The Hall–Kier alpha value is -0.540. The van der Waals surface area contributed by atoms with E-state index in [2.05, 4.69) is 64.3 Å². The van der Waals surface area contributed by atoms with E-state index in [9.17, 15) is 0 Å². The largest absolute Gasteiger partial charge is 0.371 e. The Morgan fingerprint density at radius 3 is 3.00 bits per heavy atom. The van der Waals surface area contributed by atoms with Crippen LogP contribution in [0.5, 0.6) is 0 Å². The van der Waals surface area contributed by atoms with Crippen molar-refractivity contribution in [3.63, 3.8) is 0 Å². The smallest absolute Gasteiger partial charge is 0.0377 e. The molecule has 100 valence electrons. The summed E-state index contributed by atoms with van der Waals surface area (Å²) in [6.07, 6.45) is 1.30. The molecule has 1 aromatic carbocycles. The highest BCUT2D eigenvalue weighted by Crippen LogP contribution is 2.25. The molecule has 18 heavy (non-hydrogen) atoms. The minimum atomic E-state index is 0.743. The summed E-state index contributed by atoms with van der Waals surface area (Å²) in [7, 11) is 0. The zero-order valence-corrected chi connectivity index (χ0v) is 12.9. The Labute approximate surface area is 119 Å². The number of hydrogen-bond acceptors (Lipinski definition) is 2. The van der Waals surface area contributed by atoms with Crippen molar-refractivity contribution in [3.8, 4) is 0 Å². The first-order valence-electron chi connectivity index (χ1n) is 6.86. The van der Waals surface area contributed by atoms with Gasteiger partial charge in [0.1, 0.15) is 0 Å². The second-order valence-corrected chi connectivity index (χ2v) is 6.55. The van der Waals surface area contributed by atoms with Crippen molar-refractivity contribution in [2.24, 2.45) is 11.8 Å². The van der Waals surface area contributed by atoms with Gasteiger partial charge in [-0.15, -0.1) is 0 Å². The standard InChI is InChI=1S/C15H23BrN2/c1-12(2)9-17-10-13-6-7-18(11-13)15-5-3-4-14(16)8-15/h3-5,8,12-13,17H,6-7,9-11H2,1-2H3. The van der Waals surface area contributed by atoms with Crippen LogP contribution in [0.15, 0.2) is 28.7 Å². The van der Waals surface area contributed by atoms with Gasteiger partial charge in [0.15, 0.2) is 0 Å². The van der Waals surface area contributed by atoms with Crippen LogP contribution >= 0.6 is 15.9 Å². The monoisotopic (exact) mass is 310 g/mol. The van der Waals surface area contributed by atoms with Crippen LogP contribution in [0.4, 0.5) is 5.69 Å². The Kier molecular flexibility index (Phi) is 5.07. The van der Waals surface area contributed by atoms with Crippen molar-refractivity contribution >= 4 is 21.6 Å². The van der Waals surface area contributed by atoms with Gasteiger partial charge in [-0.3, -0.25) is 0 Å². The number of nitrogens with zero attached hydrogens (tertiary/aromatic N) is 1. The lowest BCUT2D eigenvalue weighted by molar-refractivity contribution is 0.477. The maximum absolute atomic E-state index is 3.57. The zero-order chi connectivity index (χ0) is 13.0. The molecule has 3 heteroatoms. The van der Waals surface area contributed by atoms with Gasteiger partial charge < -0.3 is 10.2 Å². The van der Waals surface area contributed by atoms with E-state index < -0.39 is 0 Å². The molecule has 2 rings (SSSR count). The van der Waals surface area contributed by atoms with Crippen LogP contribution in [0.3, 0.4) is 0 Å². The average Bonchev–Trinajstić information content (AvgIpc) is 2.77. The number of nitrogens with one attached hydrogen (secondary N) is 1. The number of rotatable bonds is 5. The molecule has 1 N–H and O–H groups in total. The second-order valence-electron chi connectivity index (χ2n) is 5.63. The summed E-state index contributed by atoms with van der Waals surface area (Å²) >= 11 is 3.54. The third-order valence-corrected chi connectivity index (χ3v) is 3.94. The number of halogens is 1. The van der Waals surface area contributed by atoms with E-state index in [4.69, 9.17) is 0 Å². The number of hydrogen-bond donors (Lipinski definition) is 1. The first-order chi connectivity index (χ1) is 8.65. The molecule has 0 aliphatic carbocycles. The topological polar surface area (TPSA) is 15.3 Å². The molecule has 1 aliphatic rings. The highest BCUT2D eigenvalue weighted by molar-refractivity contribution is 9.10. The molecule has 1 aliphatic heterocycles. The Morgan fingerprint density at radius 1 is 1.44 bits per heavy atom. The summed E-state index contributed by atoms with van der Waals surface area (Å²) in [5.41, 5.74) is 1.34. The van der Waals surface area contributed by atoms with Crippen molar-refractivity contribution in [1.82, 2.24) is 5.32 Å². The summed E-state index contributed by atoms with van der Waals surface area (Å²) in [5, 5.41) is 3.57. The lowest BCUT2D eigenvalue weighted by atomic mass is 10.1. The third-order valence-electron chi connectivity index (χ3n) is 3.44. The molecule has 1 unspecified atom stereocenters. The number of benzene rings is 1. The molecule has 0 bridgehead atoms. The van der Waals surface area contributed by atoms with Gasteiger partial charge in [-0.2, -0.15) is 0 Å². The van der Waals surface area contributed by atoms with Crippen LogP contribution in [-0.4, -0.2) is 26.2 Å². The van der Waals surface area contributed by atoms with Crippen molar-refractivity contribution in [2.45, 2.75) is 20.3 Å². The van der Waals surface area contributed by atoms with Gasteiger partial charge in [-0.05, 0) is 49.5 Å². The van der Waals surface area contributed by atoms with E-state index in [1.807, 2.05) is 0 Å². The fraction of sp³-hybridized carbons (Fsp3) is 0.600. The minimum Gasteiger partial charge on any atom is -0.371 e. The van der Waals surface area contributed by atoms with Crippen molar-refractivity contribution < 1.29 is 0 Å². The first-order valence-corrected chi connectivity index (χ1v) is 7.65. The molecular formula is C15H23BrN2. The van der Waals surface area contributed by atoms with Crippen LogP contribution in [0, 0.1) is 11.8 Å². The molecule has 1 aromatic rings. The predicted molar refractivity (Wildman–Crippen MR) is 82.2 cm³/mol. The Morgan fingerprint density at radius 2 is 2.28 bits per heavy atom. The van der Waals surface area contributed by atoms with Crippen LogP contribution in [-0.2, 0) is 0 Å². The van der Waals surface area contributed by atoms with Crippen molar-refractivity contribution in [1.29, 1.82) is 0 Å². The molecule has 0 spiro atoms. The molecule has 1 saturated heterocycles. The maximum Gasteiger partial charge on any atom is 0.0377 e. The molecule has 1 atom stereocenters. The van der Waals surface area contributed by atoms with Crippen molar-refractivity contribution in [3.05, 3.63) is 28.7 Å². The Balaban J connectivity index is 1.81. The maximum atomic E-state index is 3.57. The molecule has 0 aromatic heterocycles. The number of anilines is 1. The van der Waals surface area contributed by atoms with Crippen molar-refractivity contribution in [2.75, 3.05) is 31.1 Å². The van der Waals surface area contributed by atoms with Crippen LogP contribution in [0.1, 0.15) is 20.3 Å². The van der Waals surface area contributed by atoms with Gasteiger partial charge in [-0.25, -0.2) is 0 Å². The van der Waals surface area contributed by atoms with E-state index in [-0.39, 0.29) is 0 Å². The van der Waals surface area contributed by atoms with Gasteiger partial charge in [0.25, 0.3) is 0 Å². The molecule has 1 fully saturated rings. The molecule has 0 saturated carbocycles. The van der Waals surface area contributed by atoms with E-state index in [0.29, 0.717) is 0 Å². The van der Waals surface area contributed by atoms with Gasteiger partial charge in [0, 0.05) is 23.2 Å². The van der Waals surface area contributed by atoms with Gasteiger partial charge in [0.05, 0.1) is 0 Å². The van der Waals surface area contributed by atoms with E-state index >= 15 is 0 Å². The first kappa shape index (κ1) is 13.9. The molecule has 1 heterocycles. The fourth-order valence-corrected chi connectivity index (χ4v) is 2.87. The van der Waals surface area contributed by atoms with Crippen LogP contribution < -0.4 is 10.2 Å². The highest BCUT2D eigenvalue weighted by Gasteiger charge is 2.22. The molecule has 2 nitrogen and oxygen atoms in total. The summed E-state index contributed by atoms with van der Waals surface area (Å²) in [6.45, 7) is 9.17.